The SMILES string of the molecule is CC(C)CC(O)(C(=O)O)C(=O)N[C@@H]1C(=O)Nc2ccccc2-c2ccccc21. The number of aliphatic hydroxyl groups is 1. The minimum Gasteiger partial charge on any atom is -0.479 e. The molecule has 0 aromatic heterocycles. The fourth-order valence-electron chi connectivity index (χ4n) is 3.43. The lowest BCUT2D eigenvalue weighted by Gasteiger charge is -2.27. The topological polar surface area (TPSA) is 116 Å². The molecule has 7 nitrogen and oxygen atoms in total. The van der Waals surface area contributed by atoms with Gasteiger partial charge in [0.15, 0.2) is 0 Å². The minimum absolute atomic E-state index is 0.244. The molecule has 1 aliphatic rings. The second-order valence-corrected chi connectivity index (χ2v) is 7.29. The van der Waals surface area contributed by atoms with Gasteiger partial charge in [-0.15, -0.1) is 0 Å². The Hall–Kier alpha value is -3.19. The van der Waals surface area contributed by atoms with Crippen molar-refractivity contribution in [3.8, 4) is 11.1 Å². The lowest BCUT2D eigenvalue weighted by atomic mass is 9.90. The summed E-state index contributed by atoms with van der Waals surface area (Å²) in [6, 6.07) is 13.2. The molecule has 2 aromatic carbocycles. The third-order valence-corrected chi connectivity index (χ3v) is 4.72. The van der Waals surface area contributed by atoms with Crippen molar-refractivity contribution in [3.05, 3.63) is 54.1 Å². The molecule has 0 saturated carbocycles. The highest BCUT2D eigenvalue weighted by Gasteiger charge is 2.46. The van der Waals surface area contributed by atoms with Crippen LogP contribution in [0.15, 0.2) is 48.5 Å². The fourth-order valence-corrected chi connectivity index (χ4v) is 3.43. The highest BCUT2D eigenvalue weighted by molar-refractivity contribution is 6.09. The summed E-state index contributed by atoms with van der Waals surface area (Å²) >= 11 is 0. The van der Waals surface area contributed by atoms with Crippen LogP contribution in [0, 0.1) is 5.92 Å². The van der Waals surface area contributed by atoms with Gasteiger partial charge in [0.05, 0.1) is 0 Å². The largest absolute Gasteiger partial charge is 0.479 e. The van der Waals surface area contributed by atoms with E-state index in [1.807, 2.05) is 24.3 Å². The Morgan fingerprint density at radius 2 is 1.71 bits per heavy atom. The number of aliphatic carboxylic acids is 1. The molecule has 2 atom stereocenters. The van der Waals surface area contributed by atoms with Crippen LogP contribution in [0.1, 0.15) is 31.9 Å². The van der Waals surface area contributed by atoms with Crippen molar-refractivity contribution in [2.24, 2.45) is 5.92 Å². The van der Waals surface area contributed by atoms with Gasteiger partial charge in [-0.2, -0.15) is 0 Å². The van der Waals surface area contributed by atoms with E-state index in [0.29, 0.717) is 11.3 Å². The Kier molecular flexibility index (Phi) is 5.20. The average Bonchev–Trinajstić information content (AvgIpc) is 2.76. The van der Waals surface area contributed by atoms with Crippen LogP contribution >= 0.6 is 0 Å². The molecule has 0 radical (unpaired) electrons. The van der Waals surface area contributed by atoms with Crippen LogP contribution in [-0.4, -0.2) is 33.6 Å². The molecular weight excluding hydrogens is 360 g/mol. The number of amides is 2. The standard InChI is InChI=1S/C21H22N2O5/c1-12(2)11-21(28,20(26)27)19(25)23-17-15-9-4-3-7-13(15)14-8-5-6-10-16(14)22-18(17)24/h3-10,12,17,28H,11H2,1-2H3,(H,22,24)(H,23,25)(H,26,27)/t17-,21?/m0/s1. The molecule has 28 heavy (non-hydrogen) atoms. The van der Waals surface area contributed by atoms with Gasteiger partial charge in [0, 0.05) is 11.3 Å². The van der Waals surface area contributed by atoms with Crippen molar-refractivity contribution in [1.82, 2.24) is 5.32 Å². The highest BCUT2D eigenvalue weighted by Crippen LogP contribution is 2.37. The average molecular weight is 382 g/mol. The maximum absolute atomic E-state index is 12.8. The number of fused-ring (bicyclic) bond motifs is 3. The molecule has 0 bridgehead atoms. The molecule has 146 valence electrons. The number of hydrogen-bond donors (Lipinski definition) is 4. The molecule has 0 spiro atoms. The van der Waals surface area contributed by atoms with E-state index in [9.17, 15) is 24.6 Å². The van der Waals surface area contributed by atoms with E-state index in [0.717, 1.165) is 11.1 Å². The van der Waals surface area contributed by atoms with Gasteiger partial charge < -0.3 is 20.8 Å². The minimum atomic E-state index is -2.62. The van der Waals surface area contributed by atoms with Crippen LogP contribution in [0.4, 0.5) is 5.69 Å². The molecular formula is C21H22N2O5. The van der Waals surface area contributed by atoms with Crippen LogP contribution in [0.3, 0.4) is 0 Å². The van der Waals surface area contributed by atoms with Gasteiger partial charge in [-0.1, -0.05) is 56.3 Å². The summed E-state index contributed by atoms with van der Waals surface area (Å²) in [5, 5.41) is 25.1. The Morgan fingerprint density at radius 1 is 1.11 bits per heavy atom. The van der Waals surface area contributed by atoms with E-state index in [4.69, 9.17) is 0 Å². The third kappa shape index (κ3) is 3.48. The van der Waals surface area contributed by atoms with Crippen LogP contribution in [0.2, 0.25) is 0 Å². The van der Waals surface area contributed by atoms with E-state index in [-0.39, 0.29) is 12.3 Å². The zero-order valence-electron chi connectivity index (χ0n) is 15.6. The van der Waals surface area contributed by atoms with Crippen molar-refractivity contribution in [3.63, 3.8) is 0 Å². The third-order valence-electron chi connectivity index (χ3n) is 4.72. The van der Waals surface area contributed by atoms with E-state index < -0.39 is 29.4 Å². The molecule has 0 saturated heterocycles. The molecule has 1 unspecified atom stereocenters. The number of carboxylic acids is 1. The Bertz CT molecular complexity index is 940. The predicted octanol–water partition coefficient (Wildman–Crippen LogP) is 2.32. The fraction of sp³-hybridized carbons (Fsp3) is 0.286. The van der Waals surface area contributed by atoms with Crippen molar-refractivity contribution in [2.45, 2.75) is 31.9 Å². The van der Waals surface area contributed by atoms with Gasteiger partial charge in [0.2, 0.25) is 5.60 Å². The summed E-state index contributed by atoms with van der Waals surface area (Å²) in [5.74, 6) is -3.52. The van der Waals surface area contributed by atoms with Crippen LogP contribution < -0.4 is 10.6 Å². The number of carboxylic acid groups (broad SMARTS) is 1. The first-order valence-electron chi connectivity index (χ1n) is 9.00. The molecule has 0 fully saturated rings. The molecule has 1 heterocycles. The van der Waals surface area contributed by atoms with Crippen LogP contribution in [-0.2, 0) is 14.4 Å². The van der Waals surface area contributed by atoms with E-state index in [1.165, 1.54) is 0 Å². The zero-order valence-corrected chi connectivity index (χ0v) is 15.6. The smallest absolute Gasteiger partial charge is 0.345 e. The summed E-state index contributed by atoms with van der Waals surface area (Å²) in [7, 11) is 0. The molecule has 0 aliphatic carbocycles. The van der Waals surface area contributed by atoms with Gasteiger partial charge in [0.1, 0.15) is 6.04 Å². The summed E-state index contributed by atoms with van der Waals surface area (Å²) in [6.45, 7) is 3.40. The number of carbonyl (C=O) groups excluding carboxylic acids is 2. The maximum atomic E-state index is 12.8. The van der Waals surface area contributed by atoms with Crippen LogP contribution in [0.25, 0.3) is 11.1 Å². The molecule has 3 rings (SSSR count). The van der Waals surface area contributed by atoms with E-state index in [2.05, 4.69) is 10.6 Å². The first-order chi connectivity index (χ1) is 13.2. The van der Waals surface area contributed by atoms with Crippen LogP contribution in [0.5, 0.6) is 0 Å². The Labute approximate surface area is 162 Å². The zero-order chi connectivity index (χ0) is 20.5. The Balaban J connectivity index is 2.02. The monoisotopic (exact) mass is 382 g/mol. The molecule has 4 N–H and O–H groups in total. The summed E-state index contributed by atoms with van der Waals surface area (Å²) in [4.78, 5) is 37.2. The van der Waals surface area contributed by atoms with E-state index >= 15 is 0 Å². The van der Waals surface area contributed by atoms with Gasteiger partial charge in [0.25, 0.3) is 11.8 Å². The quantitative estimate of drug-likeness (QED) is 0.593. The number of hydrogen-bond acceptors (Lipinski definition) is 4. The molecule has 2 aromatic rings. The van der Waals surface area contributed by atoms with Gasteiger partial charge in [-0.25, -0.2) is 4.79 Å². The van der Waals surface area contributed by atoms with Crippen molar-refractivity contribution in [2.75, 3.05) is 5.32 Å². The van der Waals surface area contributed by atoms with E-state index in [1.54, 1.807) is 38.1 Å². The molecule has 7 heteroatoms. The highest BCUT2D eigenvalue weighted by atomic mass is 16.4. The number of para-hydroxylation sites is 1. The number of rotatable bonds is 5. The maximum Gasteiger partial charge on any atom is 0.345 e. The van der Waals surface area contributed by atoms with Crippen molar-refractivity contribution < 1.29 is 24.6 Å². The number of nitrogens with one attached hydrogen (secondary N) is 2. The van der Waals surface area contributed by atoms with Crippen molar-refractivity contribution in [1.29, 1.82) is 0 Å². The first-order valence-corrected chi connectivity index (χ1v) is 9.00. The van der Waals surface area contributed by atoms with Gasteiger partial charge in [-0.05, 0) is 29.5 Å². The number of benzene rings is 2. The second kappa shape index (κ2) is 7.44. The molecule has 2 amide bonds. The summed E-state index contributed by atoms with van der Waals surface area (Å²) in [6.07, 6.45) is -0.273. The lowest BCUT2D eigenvalue weighted by molar-refractivity contribution is -0.168. The number of anilines is 1. The number of carbonyl (C=O) groups is 3. The first kappa shape index (κ1) is 19.6. The van der Waals surface area contributed by atoms with Gasteiger partial charge >= 0.3 is 5.97 Å². The Morgan fingerprint density at radius 3 is 2.36 bits per heavy atom. The predicted molar refractivity (Wildman–Crippen MR) is 103 cm³/mol. The van der Waals surface area contributed by atoms with Gasteiger partial charge in [-0.3, -0.25) is 9.59 Å². The second-order valence-electron chi connectivity index (χ2n) is 7.29. The normalized spacial score (nSPS) is 17.6. The van der Waals surface area contributed by atoms with Crippen molar-refractivity contribution >= 4 is 23.5 Å². The summed E-state index contributed by atoms with van der Waals surface area (Å²) in [5.41, 5.74) is 0.0223. The summed E-state index contributed by atoms with van der Waals surface area (Å²) < 4.78 is 0. The lowest BCUT2D eigenvalue weighted by Crippen LogP contribution is -2.55. The molecule has 1 aliphatic heterocycles.